The average Bonchev–Trinajstić information content (AvgIpc) is 3.05. The van der Waals surface area contributed by atoms with E-state index in [1.54, 1.807) is 6.33 Å². The van der Waals surface area contributed by atoms with Gasteiger partial charge in [0.05, 0.1) is 23.1 Å². The van der Waals surface area contributed by atoms with E-state index in [2.05, 4.69) is 25.3 Å². The molecule has 2 aliphatic heterocycles. The van der Waals surface area contributed by atoms with Gasteiger partial charge in [-0.1, -0.05) is 0 Å². The number of aromatic amines is 1. The Bertz CT molecular complexity index is 1250. The molecule has 2 aromatic rings. The highest BCUT2D eigenvalue weighted by Gasteiger charge is 2.19. The fourth-order valence-electron chi connectivity index (χ4n) is 3.24. The number of imidazole rings is 1. The predicted octanol–water partition coefficient (Wildman–Crippen LogP) is 0.725. The molecule has 0 fully saturated rings. The minimum Gasteiger partial charge on any atom is -0.337 e. The first-order chi connectivity index (χ1) is 13.4. The van der Waals surface area contributed by atoms with Gasteiger partial charge in [0.25, 0.3) is 5.56 Å². The molecule has 9 nitrogen and oxygen atoms in total. The van der Waals surface area contributed by atoms with Gasteiger partial charge in [-0.15, -0.1) is 0 Å². The van der Waals surface area contributed by atoms with E-state index >= 15 is 0 Å². The van der Waals surface area contributed by atoms with Crippen LogP contribution in [0.5, 0.6) is 0 Å². The fourth-order valence-corrected chi connectivity index (χ4v) is 3.24. The SMILES string of the molecule is Cc1cc2nc3c(=O)[nH]c(=O)nc-3n(CCNCc3cncn3C)c2cc1C. The zero-order valence-electron chi connectivity index (χ0n) is 16.0. The smallest absolute Gasteiger partial charge is 0.337 e. The van der Waals surface area contributed by atoms with Gasteiger partial charge >= 0.3 is 5.69 Å². The number of nitrogens with one attached hydrogen (secondary N) is 2. The molecule has 0 saturated carbocycles. The predicted molar refractivity (Wildman–Crippen MR) is 105 cm³/mol. The number of fused-ring (bicyclic) bond motifs is 2. The minimum atomic E-state index is -0.668. The van der Waals surface area contributed by atoms with E-state index < -0.39 is 11.2 Å². The van der Waals surface area contributed by atoms with Gasteiger partial charge in [0.15, 0.2) is 11.5 Å². The van der Waals surface area contributed by atoms with Crippen molar-refractivity contribution in [1.29, 1.82) is 0 Å². The summed E-state index contributed by atoms with van der Waals surface area (Å²) in [5, 5.41) is 3.37. The largest absolute Gasteiger partial charge is 0.349 e. The van der Waals surface area contributed by atoms with Crippen molar-refractivity contribution < 1.29 is 0 Å². The van der Waals surface area contributed by atoms with Crippen molar-refractivity contribution in [2.45, 2.75) is 26.9 Å². The third kappa shape index (κ3) is 3.20. The maximum atomic E-state index is 12.3. The standard InChI is InChI=1S/C19H21N7O2/c1-11-6-14-15(7-12(11)2)26(5-4-20-8-13-9-21-10-25(13)3)17-16(22-14)18(27)24-19(28)23-17/h6-7,9-10,20H,4-5,8H2,1-3H3,(H,24,27,28). The number of benzene rings is 1. The Labute approximate surface area is 160 Å². The average molecular weight is 379 g/mol. The van der Waals surface area contributed by atoms with Crippen LogP contribution in [-0.4, -0.2) is 35.6 Å². The lowest BCUT2D eigenvalue weighted by atomic mass is 10.1. The van der Waals surface area contributed by atoms with Gasteiger partial charge in [-0.2, -0.15) is 4.98 Å². The topological polar surface area (TPSA) is 110 Å². The molecular formula is C19H21N7O2. The number of aryl methyl sites for hydroxylation is 3. The van der Waals surface area contributed by atoms with Gasteiger partial charge in [-0.05, 0) is 37.1 Å². The third-order valence-electron chi connectivity index (χ3n) is 4.96. The summed E-state index contributed by atoms with van der Waals surface area (Å²) in [4.78, 5) is 38.9. The summed E-state index contributed by atoms with van der Waals surface area (Å²) in [5.41, 5.74) is 3.79. The van der Waals surface area contributed by atoms with Crippen LogP contribution in [-0.2, 0) is 20.1 Å². The van der Waals surface area contributed by atoms with Gasteiger partial charge in [0.2, 0.25) is 0 Å². The summed E-state index contributed by atoms with van der Waals surface area (Å²) in [6.45, 7) is 5.85. The molecule has 0 amide bonds. The highest BCUT2D eigenvalue weighted by Crippen LogP contribution is 2.23. The van der Waals surface area contributed by atoms with Crippen molar-refractivity contribution >= 4 is 11.0 Å². The van der Waals surface area contributed by atoms with Crippen molar-refractivity contribution in [3.8, 4) is 11.5 Å². The highest BCUT2D eigenvalue weighted by atomic mass is 16.2. The van der Waals surface area contributed by atoms with Crippen molar-refractivity contribution in [1.82, 2.24) is 34.4 Å². The van der Waals surface area contributed by atoms with Gasteiger partial charge in [-0.25, -0.2) is 14.8 Å². The van der Waals surface area contributed by atoms with Crippen LogP contribution in [0.4, 0.5) is 0 Å². The van der Waals surface area contributed by atoms with Crippen LogP contribution >= 0.6 is 0 Å². The Balaban J connectivity index is 1.75. The Kier molecular flexibility index (Phi) is 4.52. The Morgan fingerprint density at radius 3 is 2.68 bits per heavy atom. The molecule has 1 aromatic carbocycles. The summed E-state index contributed by atoms with van der Waals surface area (Å²) in [5.74, 6) is 0.298. The van der Waals surface area contributed by atoms with E-state index in [4.69, 9.17) is 0 Å². The number of H-pyrrole nitrogens is 1. The molecule has 0 spiro atoms. The van der Waals surface area contributed by atoms with E-state index in [-0.39, 0.29) is 5.69 Å². The molecule has 0 unspecified atom stereocenters. The molecular weight excluding hydrogens is 358 g/mol. The molecule has 2 aliphatic rings. The maximum Gasteiger partial charge on any atom is 0.349 e. The van der Waals surface area contributed by atoms with Crippen LogP contribution in [0.25, 0.3) is 22.6 Å². The molecule has 144 valence electrons. The number of rotatable bonds is 5. The van der Waals surface area contributed by atoms with E-state index in [9.17, 15) is 9.59 Å². The molecule has 0 atom stereocenters. The van der Waals surface area contributed by atoms with Crippen molar-refractivity contribution in [3.05, 3.63) is 62.3 Å². The van der Waals surface area contributed by atoms with E-state index in [1.807, 2.05) is 48.4 Å². The first kappa shape index (κ1) is 18.1. The van der Waals surface area contributed by atoms with Crippen LogP contribution in [0.2, 0.25) is 0 Å². The normalized spacial score (nSPS) is 11.5. The lowest BCUT2D eigenvalue weighted by Gasteiger charge is -2.18. The second kappa shape index (κ2) is 7.01. The van der Waals surface area contributed by atoms with Crippen molar-refractivity contribution in [2.75, 3.05) is 6.54 Å². The van der Waals surface area contributed by atoms with Crippen LogP contribution in [0.15, 0.2) is 34.2 Å². The van der Waals surface area contributed by atoms with Crippen LogP contribution in [0.1, 0.15) is 16.8 Å². The van der Waals surface area contributed by atoms with Gasteiger partial charge in [0, 0.05) is 32.9 Å². The van der Waals surface area contributed by atoms with Gasteiger partial charge < -0.3 is 14.5 Å². The van der Waals surface area contributed by atoms with Crippen molar-refractivity contribution in [2.24, 2.45) is 7.05 Å². The molecule has 4 rings (SSSR count). The minimum absolute atomic E-state index is 0.169. The summed E-state index contributed by atoms with van der Waals surface area (Å²) in [7, 11) is 1.94. The van der Waals surface area contributed by atoms with Crippen molar-refractivity contribution in [3.63, 3.8) is 0 Å². The summed E-state index contributed by atoms with van der Waals surface area (Å²) in [6, 6.07) is 3.97. The Hall–Kier alpha value is -3.33. The van der Waals surface area contributed by atoms with Gasteiger partial charge in [-0.3, -0.25) is 9.78 Å². The summed E-state index contributed by atoms with van der Waals surface area (Å²) >= 11 is 0. The van der Waals surface area contributed by atoms with Crippen LogP contribution in [0, 0.1) is 13.8 Å². The van der Waals surface area contributed by atoms with E-state index in [1.165, 1.54) is 0 Å². The number of aromatic nitrogens is 6. The second-order valence-corrected chi connectivity index (χ2v) is 6.90. The zero-order chi connectivity index (χ0) is 19.8. The van der Waals surface area contributed by atoms with Crippen LogP contribution < -0.4 is 16.6 Å². The second-order valence-electron chi connectivity index (χ2n) is 6.90. The van der Waals surface area contributed by atoms with E-state index in [0.29, 0.717) is 31.0 Å². The molecule has 3 heterocycles. The Morgan fingerprint density at radius 2 is 1.93 bits per heavy atom. The molecule has 0 saturated heterocycles. The third-order valence-corrected chi connectivity index (χ3v) is 4.96. The molecule has 2 N–H and O–H groups in total. The summed E-state index contributed by atoms with van der Waals surface area (Å²) in [6.07, 6.45) is 3.57. The van der Waals surface area contributed by atoms with Crippen LogP contribution in [0.3, 0.4) is 0 Å². The molecule has 1 aromatic heterocycles. The monoisotopic (exact) mass is 379 g/mol. The van der Waals surface area contributed by atoms with Gasteiger partial charge in [0.1, 0.15) is 0 Å². The number of hydrogen-bond donors (Lipinski definition) is 2. The molecule has 0 radical (unpaired) electrons. The number of nitrogens with zero attached hydrogens (tertiary/aromatic N) is 5. The maximum absolute atomic E-state index is 12.3. The summed E-state index contributed by atoms with van der Waals surface area (Å²) < 4.78 is 3.84. The fraction of sp³-hybridized carbons (Fsp3) is 0.316. The van der Waals surface area contributed by atoms with E-state index in [0.717, 1.165) is 22.3 Å². The quantitative estimate of drug-likeness (QED) is 0.391. The lowest BCUT2D eigenvalue weighted by molar-refractivity contribution is 0.588. The lowest BCUT2D eigenvalue weighted by Crippen LogP contribution is -2.30. The molecule has 0 aliphatic carbocycles. The highest BCUT2D eigenvalue weighted by molar-refractivity contribution is 5.81. The molecule has 0 bridgehead atoms. The molecule has 9 heteroatoms. The Morgan fingerprint density at radius 1 is 1.14 bits per heavy atom. The molecule has 28 heavy (non-hydrogen) atoms. The number of hydrogen-bond acceptors (Lipinski definition) is 6. The zero-order valence-corrected chi connectivity index (χ0v) is 16.0. The first-order valence-electron chi connectivity index (χ1n) is 9.02. The first-order valence-corrected chi connectivity index (χ1v) is 9.02.